The lowest BCUT2D eigenvalue weighted by molar-refractivity contribution is -0.255. The number of hydrogen-bond acceptors (Lipinski definition) is 8. The molecule has 5 rings (SSSR count). The number of furan rings is 1. The molecule has 8 nitrogen and oxygen atoms in total. The molecule has 0 bridgehead atoms. The highest BCUT2D eigenvalue weighted by Crippen LogP contribution is 2.30. The van der Waals surface area contributed by atoms with Crippen molar-refractivity contribution in [2.24, 2.45) is 4.99 Å². The number of thiazole rings is 1. The highest BCUT2D eigenvalue weighted by molar-refractivity contribution is 7.07. The zero-order chi connectivity index (χ0) is 26.1. The Morgan fingerprint density at radius 3 is 2.65 bits per heavy atom. The van der Waals surface area contributed by atoms with Crippen LogP contribution in [0.25, 0.3) is 17.4 Å². The summed E-state index contributed by atoms with van der Waals surface area (Å²) in [4.78, 5) is 42.7. The molecule has 0 saturated carbocycles. The minimum absolute atomic E-state index is 0.0393. The number of carboxylic acid groups (broad SMARTS) is 1. The topological polar surface area (TPSA) is 114 Å². The number of carbonyl (C=O) groups excluding carboxylic acids is 2. The summed E-state index contributed by atoms with van der Waals surface area (Å²) in [5.74, 6) is -0.928. The van der Waals surface area contributed by atoms with Crippen molar-refractivity contribution in [3.63, 3.8) is 0 Å². The smallest absolute Gasteiger partial charge is 0.338 e. The normalized spacial score (nSPS) is 15.3. The van der Waals surface area contributed by atoms with Crippen LogP contribution in [0.15, 0.2) is 92.2 Å². The van der Waals surface area contributed by atoms with Crippen LogP contribution in [0.1, 0.15) is 41.6 Å². The maximum Gasteiger partial charge on any atom is 0.338 e. The summed E-state index contributed by atoms with van der Waals surface area (Å²) < 4.78 is 13.1. The van der Waals surface area contributed by atoms with Gasteiger partial charge >= 0.3 is 5.97 Å². The third-order valence-corrected chi connectivity index (χ3v) is 6.90. The predicted octanol–water partition coefficient (Wildman–Crippen LogP) is 2.42. The van der Waals surface area contributed by atoms with Gasteiger partial charge in [0, 0.05) is 11.6 Å². The average Bonchev–Trinajstić information content (AvgIpc) is 3.48. The van der Waals surface area contributed by atoms with Crippen molar-refractivity contribution in [1.29, 1.82) is 0 Å². The number of carboxylic acids is 1. The van der Waals surface area contributed by atoms with E-state index < -0.39 is 18.0 Å². The summed E-state index contributed by atoms with van der Waals surface area (Å²) in [6.07, 6.45) is 1.61. The van der Waals surface area contributed by atoms with E-state index in [0.29, 0.717) is 37.7 Å². The molecule has 1 aliphatic heterocycles. The second kappa shape index (κ2) is 9.87. The fraction of sp³-hybridized carbons (Fsp3) is 0.143. The molecule has 186 valence electrons. The van der Waals surface area contributed by atoms with Crippen LogP contribution in [-0.2, 0) is 9.53 Å². The van der Waals surface area contributed by atoms with E-state index in [-0.39, 0.29) is 17.7 Å². The van der Waals surface area contributed by atoms with Gasteiger partial charge in [0.25, 0.3) is 5.56 Å². The van der Waals surface area contributed by atoms with Crippen LogP contribution < -0.4 is 20.0 Å². The fourth-order valence-corrected chi connectivity index (χ4v) is 5.28. The first kappa shape index (κ1) is 24.2. The van der Waals surface area contributed by atoms with Gasteiger partial charge in [-0.1, -0.05) is 59.9 Å². The van der Waals surface area contributed by atoms with Gasteiger partial charge in [-0.2, -0.15) is 0 Å². The lowest BCUT2D eigenvalue weighted by Gasteiger charge is -2.24. The highest BCUT2D eigenvalue weighted by atomic mass is 32.1. The van der Waals surface area contributed by atoms with E-state index >= 15 is 0 Å². The molecule has 1 aliphatic rings. The largest absolute Gasteiger partial charge is 0.545 e. The quantitative estimate of drug-likeness (QED) is 0.366. The number of allylic oxidation sites excluding steroid dienone is 1. The summed E-state index contributed by atoms with van der Waals surface area (Å²) in [7, 11) is 0. The van der Waals surface area contributed by atoms with E-state index in [2.05, 4.69) is 4.99 Å². The summed E-state index contributed by atoms with van der Waals surface area (Å²) >= 11 is 1.19. The zero-order valence-electron chi connectivity index (χ0n) is 20.0. The van der Waals surface area contributed by atoms with E-state index in [1.54, 1.807) is 44.2 Å². The Labute approximate surface area is 215 Å². The van der Waals surface area contributed by atoms with Crippen LogP contribution in [0.5, 0.6) is 0 Å². The Kier molecular flexibility index (Phi) is 6.45. The zero-order valence-corrected chi connectivity index (χ0v) is 20.8. The van der Waals surface area contributed by atoms with Crippen LogP contribution >= 0.6 is 11.3 Å². The molecule has 3 heterocycles. The van der Waals surface area contributed by atoms with Crippen molar-refractivity contribution in [3.05, 3.63) is 115 Å². The molecule has 2 aromatic carbocycles. The SMILES string of the molecule is CCOC(=O)C1=C(C)N=c2s/c(=C\c3ccc(-c4cccc(C(=O)[O-])c4)o3)c(=O)n2[C@H]1c1ccccc1. The van der Waals surface area contributed by atoms with Crippen molar-refractivity contribution in [2.45, 2.75) is 19.9 Å². The number of hydrogen-bond donors (Lipinski definition) is 0. The van der Waals surface area contributed by atoms with Crippen molar-refractivity contribution >= 4 is 29.4 Å². The van der Waals surface area contributed by atoms with Gasteiger partial charge in [-0.25, -0.2) is 9.79 Å². The molecular weight excluding hydrogens is 492 g/mol. The second-order valence-corrected chi connectivity index (χ2v) is 9.29. The molecule has 0 amide bonds. The molecule has 4 aromatic rings. The maximum atomic E-state index is 13.6. The van der Waals surface area contributed by atoms with Crippen molar-refractivity contribution in [3.8, 4) is 11.3 Å². The second-order valence-electron chi connectivity index (χ2n) is 8.28. The Bertz CT molecular complexity index is 1730. The monoisotopic (exact) mass is 513 g/mol. The number of rotatable bonds is 6. The lowest BCUT2D eigenvalue weighted by atomic mass is 9.96. The first-order valence-electron chi connectivity index (χ1n) is 11.5. The summed E-state index contributed by atoms with van der Waals surface area (Å²) in [5.41, 5.74) is 1.87. The molecule has 9 heteroatoms. The van der Waals surface area contributed by atoms with Crippen LogP contribution in [0.3, 0.4) is 0 Å². The van der Waals surface area contributed by atoms with Gasteiger partial charge in [0.15, 0.2) is 4.80 Å². The van der Waals surface area contributed by atoms with Gasteiger partial charge in [-0.05, 0) is 43.2 Å². The van der Waals surface area contributed by atoms with E-state index in [4.69, 9.17) is 9.15 Å². The number of ether oxygens (including phenoxy) is 1. The van der Waals surface area contributed by atoms with Crippen LogP contribution in [-0.4, -0.2) is 23.1 Å². The lowest BCUT2D eigenvalue weighted by Crippen LogP contribution is -2.39. The van der Waals surface area contributed by atoms with Crippen molar-refractivity contribution < 1.29 is 23.8 Å². The number of carbonyl (C=O) groups is 2. The molecule has 0 spiro atoms. The van der Waals surface area contributed by atoms with Crippen LogP contribution in [0, 0.1) is 0 Å². The van der Waals surface area contributed by atoms with Gasteiger partial charge in [0.1, 0.15) is 11.5 Å². The molecule has 37 heavy (non-hydrogen) atoms. The van der Waals surface area contributed by atoms with Crippen molar-refractivity contribution in [1.82, 2.24) is 4.57 Å². The minimum Gasteiger partial charge on any atom is -0.545 e. The molecule has 0 radical (unpaired) electrons. The number of fused-ring (bicyclic) bond motifs is 1. The van der Waals surface area contributed by atoms with Gasteiger partial charge in [-0.15, -0.1) is 0 Å². The van der Waals surface area contributed by atoms with Crippen molar-refractivity contribution in [2.75, 3.05) is 6.61 Å². The molecular formula is C28H21N2O6S-. The molecule has 0 N–H and O–H groups in total. The third kappa shape index (κ3) is 4.56. The van der Waals surface area contributed by atoms with Gasteiger partial charge in [-0.3, -0.25) is 9.36 Å². The third-order valence-electron chi connectivity index (χ3n) is 5.92. The summed E-state index contributed by atoms with van der Waals surface area (Å²) in [5, 5.41) is 11.2. The molecule has 0 aliphatic carbocycles. The summed E-state index contributed by atoms with van der Waals surface area (Å²) in [6, 6.07) is 18.2. The first-order valence-corrected chi connectivity index (χ1v) is 12.3. The van der Waals surface area contributed by atoms with E-state index in [9.17, 15) is 19.5 Å². The number of nitrogens with zero attached hydrogens (tertiary/aromatic N) is 2. The molecule has 2 aromatic heterocycles. The maximum absolute atomic E-state index is 13.6. The van der Waals surface area contributed by atoms with Crippen LogP contribution in [0.2, 0.25) is 0 Å². The highest BCUT2D eigenvalue weighted by Gasteiger charge is 2.33. The Hall–Kier alpha value is -4.50. The van der Waals surface area contributed by atoms with Gasteiger partial charge in [0.05, 0.1) is 34.4 Å². The van der Waals surface area contributed by atoms with E-state index in [0.717, 1.165) is 5.56 Å². The fourth-order valence-electron chi connectivity index (χ4n) is 4.26. The van der Waals surface area contributed by atoms with Gasteiger partial charge in [0.2, 0.25) is 0 Å². The summed E-state index contributed by atoms with van der Waals surface area (Å²) in [6.45, 7) is 3.67. The first-order chi connectivity index (χ1) is 17.9. The van der Waals surface area contributed by atoms with E-state index in [1.165, 1.54) is 28.0 Å². The number of esters is 1. The minimum atomic E-state index is -1.28. The standard InChI is InChI=1S/C28H22N2O6S/c1-3-35-27(34)23-16(2)29-28-30(24(23)17-8-5-4-6-9-17)25(31)22(37-28)15-20-12-13-21(36-20)18-10-7-11-19(14-18)26(32)33/h4-15,24H,3H2,1-2H3,(H,32,33)/p-1/b22-15-/t24-/m0/s1. The Morgan fingerprint density at radius 2 is 1.92 bits per heavy atom. The molecule has 0 unspecified atom stereocenters. The van der Waals surface area contributed by atoms with Crippen LogP contribution in [0.4, 0.5) is 0 Å². The Balaban J connectivity index is 1.61. The molecule has 0 fully saturated rings. The molecule has 1 atom stereocenters. The van der Waals surface area contributed by atoms with E-state index in [1.807, 2.05) is 30.3 Å². The number of aromatic nitrogens is 1. The molecule has 0 saturated heterocycles. The number of benzene rings is 2. The predicted molar refractivity (Wildman–Crippen MR) is 135 cm³/mol. The van der Waals surface area contributed by atoms with Gasteiger partial charge < -0.3 is 19.1 Å². The number of aromatic carboxylic acids is 1. The average molecular weight is 514 g/mol. The Morgan fingerprint density at radius 1 is 1.14 bits per heavy atom.